The number of ether oxygens (including phenoxy) is 1. The Labute approximate surface area is 252 Å². The van der Waals surface area contributed by atoms with Crippen molar-refractivity contribution in [1.29, 1.82) is 0 Å². The van der Waals surface area contributed by atoms with Crippen molar-refractivity contribution < 1.29 is 19.1 Å². The van der Waals surface area contributed by atoms with Crippen LogP contribution in [0.25, 0.3) is 0 Å². The molecule has 0 aliphatic heterocycles. The summed E-state index contributed by atoms with van der Waals surface area (Å²) in [5.74, 6) is 3.11. The number of fused-ring (bicyclic) bond motifs is 4. The van der Waals surface area contributed by atoms with Gasteiger partial charge in [0, 0.05) is 31.7 Å². The van der Waals surface area contributed by atoms with Gasteiger partial charge in [-0.2, -0.15) is 0 Å². The van der Waals surface area contributed by atoms with Crippen LogP contribution in [0.15, 0.2) is 59.0 Å². The third-order valence-corrected chi connectivity index (χ3v) is 10.9. The maximum atomic E-state index is 13.0. The first-order valence-electron chi connectivity index (χ1n) is 16.6. The lowest BCUT2D eigenvalue weighted by atomic mass is 9.51. The number of benzene rings is 1. The van der Waals surface area contributed by atoms with Gasteiger partial charge in [0.2, 0.25) is 5.91 Å². The summed E-state index contributed by atoms with van der Waals surface area (Å²) in [4.78, 5) is 37.1. The topological polar surface area (TPSA) is 72.5 Å². The van der Waals surface area contributed by atoms with Crippen LogP contribution in [0, 0.1) is 29.1 Å². The Morgan fingerprint density at radius 1 is 1.00 bits per heavy atom. The van der Waals surface area contributed by atoms with Crippen LogP contribution in [-0.2, 0) is 14.3 Å². The summed E-state index contributed by atoms with van der Waals surface area (Å²) in [5, 5.41) is 2.70. The number of unbranched alkanes of at least 4 members (excludes halogenated alkanes) is 7. The molecule has 1 N–H and O–H groups in total. The molecule has 0 heterocycles. The fourth-order valence-corrected chi connectivity index (χ4v) is 8.59. The van der Waals surface area contributed by atoms with Crippen LogP contribution in [-0.4, -0.2) is 24.7 Å². The molecular formula is C37H49NO4. The SMILES string of the molecule is CNC(=O)CCCCCCCCCC[C@@H]1CC2=C(C=C=C(OC(=O)c3ccccc3)C2)C2CC[C@]3(C)C(=O)CCC3C21. The second kappa shape index (κ2) is 14.0. The van der Waals surface area contributed by atoms with Gasteiger partial charge in [-0.15, -0.1) is 0 Å². The summed E-state index contributed by atoms with van der Waals surface area (Å²) in [7, 11) is 1.70. The van der Waals surface area contributed by atoms with Crippen LogP contribution in [0.4, 0.5) is 0 Å². The quantitative estimate of drug-likeness (QED) is 0.147. The number of carbonyl (C=O) groups is 3. The Morgan fingerprint density at radius 2 is 1.71 bits per heavy atom. The molecule has 0 radical (unpaired) electrons. The van der Waals surface area contributed by atoms with Crippen molar-refractivity contribution in [1.82, 2.24) is 5.32 Å². The Bertz CT molecular complexity index is 1240. The van der Waals surface area contributed by atoms with Crippen molar-refractivity contribution in [2.75, 3.05) is 7.05 Å². The molecule has 0 saturated heterocycles. The van der Waals surface area contributed by atoms with E-state index in [2.05, 4.69) is 24.0 Å². The molecule has 1 amide bonds. The molecule has 5 nitrogen and oxygen atoms in total. The fraction of sp³-hybridized carbons (Fsp3) is 0.622. The lowest BCUT2D eigenvalue weighted by Crippen LogP contribution is -2.47. The smallest absolute Gasteiger partial charge is 0.343 e. The van der Waals surface area contributed by atoms with Crippen molar-refractivity contribution in [3.8, 4) is 0 Å². The zero-order chi connectivity index (χ0) is 29.5. The highest BCUT2D eigenvalue weighted by Gasteiger charge is 2.57. The zero-order valence-corrected chi connectivity index (χ0v) is 25.7. The second-order valence-electron chi connectivity index (χ2n) is 13.4. The Hall–Kier alpha value is -2.91. The van der Waals surface area contributed by atoms with Crippen LogP contribution in [0.2, 0.25) is 0 Å². The number of allylic oxidation sites excluding steroid dienone is 2. The molecule has 0 bridgehead atoms. The molecular weight excluding hydrogens is 522 g/mol. The first kappa shape index (κ1) is 30.5. The number of hydrogen-bond acceptors (Lipinski definition) is 4. The van der Waals surface area contributed by atoms with E-state index in [-0.39, 0.29) is 17.3 Å². The molecule has 0 aromatic heterocycles. The average Bonchev–Trinajstić information content (AvgIpc) is 3.31. The molecule has 2 saturated carbocycles. The maximum Gasteiger partial charge on any atom is 0.343 e. The first-order chi connectivity index (χ1) is 20.4. The van der Waals surface area contributed by atoms with Gasteiger partial charge in [0.1, 0.15) is 5.78 Å². The molecule has 4 aliphatic carbocycles. The molecule has 1 aromatic carbocycles. The minimum absolute atomic E-state index is 0.139. The summed E-state index contributed by atoms with van der Waals surface area (Å²) in [5.41, 5.74) is 6.62. The summed E-state index contributed by atoms with van der Waals surface area (Å²) < 4.78 is 5.81. The lowest BCUT2D eigenvalue weighted by molar-refractivity contribution is -0.130. The molecule has 226 valence electrons. The van der Waals surface area contributed by atoms with Gasteiger partial charge in [-0.1, -0.05) is 81.4 Å². The average molecular weight is 572 g/mol. The van der Waals surface area contributed by atoms with Crippen molar-refractivity contribution in [2.45, 2.75) is 110 Å². The third-order valence-electron chi connectivity index (χ3n) is 10.9. The van der Waals surface area contributed by atoms with E-state index in [4.69, 9.17) is 4.74 Å². The highest BCUT2D eigenvalue weighted by atomic mass is 16.5. The number of ketones is 1. The van der Waals surface area contributed by atoms with Gasteiger partial charge in [-0.25, -0.2) is 4.79 Å². The molecule has 4 aliphatic rings. The number of nitrogens with one attached hydrogen (secondary N) is 1. The predicted molar refractivity (Wildman–Crippen MR) is 165 cm³/mol. The van der Waals surface area contributed by atoms with Crippen LogP contribution < -0.4 is 5.32 Å². The first-order valence-corrected chi connectivity index (χ1v) is 16.6. The summed E-state index contributed by atoms with van der Waals surface area (Å²) >= 11 is 0. The molecule has 42 heavy (non-hydrogen) atoms. The van der Waals surface area contributed by atoms with Crippen molar-refractivity contribution in [3.63, 3.8) is 0 Å². The van der Waals surface area contributed by atoms with Crippen molar-refractivity contribution in [3.05, 3.63) is 64.6 Å². The van der Waals surface area contributed by atoms with Crippen LogP contribution >= 0.6 is 0 Å². The monoisotopic (exact) mass is 571 g/mol. The van der Waals surface area contributed by atoms with Crippen molar-refractivity contribution in [2.24, 2.45) is 29.1 Å². The molecule has 3 unspecified atom stereocenters. The van der Waals surface area contributed by atoms with Gasteiger partial charge in [0.25, 0.3) is 0 Å². The number of hydrogen-bond donors (Lipinski definition) is 1. The lowest BCUT2D eigenvalue weighted by Gasteiger charge is -2.52. The largest absolute Gasteiger partial charge is 0.419 e. The van der Waals surface area contributed by atoms with Crippen LogP contribution in [0.1, 0.15) is 120 Å². The molecule has 5 rings (SSSR count). The minimum atomic E-state index is -0.315. The van der Waals surface area contributed by atoms with E-state index in [1.807, 2.05) is 18.2 Å². The van der Waals surface area contributed by atoms with E-state index >= 15 is 0 Å². The second-order valence-corrected chi connectivity index (χ2v) is 13.4. The van der Waals surface area contributed by atoms with E-state index in [0.29, 0.717) is 53.6 Å². The van der Waals surface area contributed by atoms with E-state index in [1.165, 1.54) is 56.1 Å². The molecule has 5 heteroatoms. The van der Waals surface area contributed by atoms with E-state index in [1.54, 1.807) is 19.2 Å². The van der Waals surface area contributed by atoms with Crippen LogP contribution in [0.3, 0.4) is 0 Å². The van der Waals surface area contributed by atoms with Gasteiger partial charge >= 0.3 is 5.97 Å². The molecule has 1 aromatic rings. The standard InChI is InChI=1S/C37H49NO4/c1-37-23-22-31-30-19-18-29(42-36(41)26-14-11-9-12-15-26)25-28(30)24-27(35(31)32(37)20-21-33(37)39)16-10-7-5-3-4-6-8-13-17-34(40)38-2/h9,11-12,14-15,19,27,31-32,35H,3-8,10,13,16-17,20-25H2,1-2H3,(H,38,40)/t27-,31?,32?,35?,37+/m1/s1. The molecule has 0 spiro atoms. The number of carbonyl (C=O) groups excluding carboxylic acids is 3. The van der Waals surface area contributed by atoms with E-state index in [9.17, 15) is 14.4 Å². The van der Waals surface area contributed by atoms with Gasteiger partial charge < -0.3 is 10.1 Å². The number of amides is 1. The fourth-order valence-electron chi connectivity index (χ4n) is 8.59. The normalized spacial score (nSPS) is 28.0. The Balaban J connectivity index is 1.18. The van der Waals surface area contributed by atoms with Gasteiger partial charge in [-0.05, 0) is 86.0 Å². The Kier molecular flexibility index (Phi) is 10.2. The van der Waals surface area contributed by atoms with Gasteiger partial charge in [0.05, 0.1) is 5.56 Å². The Morgan fingerprint density at radius 3 is 2.45 bits per heavy atom. The third kappa shape index (κ3) is 6.83. The zero-order valence-electron chi connectivity index (χ0n) is 25.7. The summed E-state index contributed by atoms with van der Waals surface area (Å²) in [6.45, 7) is 2.26. The highest BCUT2D eigenvalue weighted by Crippen LogP contribution is 2.61. The van der Waals surface area contributed by atoms with E-state index in [0.717, 1.165) is 44.9 Å². The van der Waals surface area contributed by atoms with E-state index < -0.39 is 0 Å². The molecule has 2 fully saturated rings. The minimum Gasteiger partial charge on any atom is -0.419 e. The maximum absolute atomic E-state index is 13.0. The highest BCUT2D eigenvalue weighted by molar-refractivity contribution is 5.90. The number of rotatable bonds is 13. The number of esters is 1. The predicted octanol–water partition coefficient (Wildman–Crippen LogP) is 8.26. The summed E-state index contributed by atoms with van der Waals surface area (Å²) in [6, 6.07) is 9.19. The summed E-state index contributed by atoms with van der Waals surface area (Å²) in [6.07, 6.45) is 19.2. The molecule has 5 atom stereocenters. The number of Topliss-reactive ketones (excluding diaryl/α,β-unsaturated/α-hetero) is 1. The van der Waals surface area contributed by atoms with Gasteiger partial charge in [-0.3, -0.25) is 9.59 Å². The van der Waals surface area contributed by atoms with Crippen molar-refractivity contribution >= 4 is 17.7 Å². The van der Waals surface area contributed by atoms with Crippen LogP contribution in [0.5, 0.6) is 0 Å². The van der Waals surface area contributed by atoms with Gasteiger partial charge in [0.15, 0.2) is 5.76 Å².